The number of aromatic carboxylic acids is 1. The second-order valence-corrected chi connectivity index (χ2v) is 11.4. The fraction of sp³-hybridized carbons (Fsp3) is 0.484. The molecule has 4 rings (SSSR count). The van der Waals surface area contributed by atoms with E-state index in [4.69, 9.17) is 9.84 Å². The van der Waals surface area contributed by atoms with Gasteiger partial charge in [0.2, 0.25) is 0 Å². The lowest BCUT2D eigenvalue weighted by atomic mass is 10.0. The molecule has 198 valence electrons. The number of hydrogen-bond acceptors (Lipinski definition) is 4. The van der Waals surface area contributed by atoms with Crippen LogP contribution in [0.25, 0.3) is 6.08 Å². The molecule has 6 heteroatoms. The van der Waals surface area contributed by atoms with Crippen LogP contribution in [0.5, 0.6) is 0 Å². The number of carboxylic acid groups (broad SMARTS) is 1. The average molecular weight is 505 g/mol. The molecule has 6 nitrogen and oxygen atoms in total. The predicted molar refractivity (Wildman–Crippen MR) is 147 cm³/mol. The lowest BCUT2D eigenvalue weighted by molar-refractivity contribution is 0.00492. The molecule has 37 heavy (non-hydrogen) atoms. The Morgan fingerprint density at radius 1 is 1.05 bits per heavy atom. The molecule has 2 aromatic rings. The minimum Gasteiger partial charge on any atom is -0.478 e. The molecule has 1 aliphatic heterocycles. The highest BCUT2D eigenvalue weighted by Crippen LogP contribution is 2.44. The van der Waals surface area contributed by atoms with Gasteiger partial charge in [-0.1, -0.05) is 54.1 Å². The van der Waals surface area contributed by atoms with Crippen molar-refractivity contribution < 1.29 is 19.4 Å². The van der Waals surface area contributed by atoms with Crippen LogP contribution in [0.15, 0.2) is 60.2 Å². The van der Waals surface area contributed by atoms with E-state index in [9.17, 15) is 9.59 Å². The Labute approximate surface area is 220 Å². The van der Waals surface area contributed by atoms with Crippen LogP contribution in [0, 0.1) is 5.92 Å². The van der Waals surface area contributed by atoms with Crippen molar-refractivity contribution >= 4 is 18.1 Å². The highest BCUT2D eigenvalue weighted by atomic mass is 16.6. The first-order valence-electron chi connectivity index (χ1n) is 13.4. The highest BCUT2D eigenvalue weighted by molar-refractivity contribution is 5.87. The van der Waals surface area contributed by atoms with Crippen molar-refractivity contribution in [3.8, 4) is 0 Å². The van der Waals surface area contributed by atoms with Gasteiger partial charge < -0.3 is 19.6 Å². The number of nitrogens with zero attached hydrogens (tertiary/aromatic N) is 2. The first kappa shape index (κ1) is 26.9. The summed E-state index contributed by atoms with van der Waals surface area (Å²) < 4.78 is 5.87. The van der Waals surface area contributed by atoms with E-state index in [0.29, 0.717) is 11.5 Å². The fourth-order valence-electron chi connectivity index (χ4n) is 5.29. The van der Waals surface area contributed by atoms with E-state index in [1.165, 1.54) is 11.1 Å². The zero-order valence-electron chi connectivity index (χ0n) is 22.5. The van der Waals surface area contributed by atoms with Gasteiger partial charge in [-0.15, -0.1) is 0 Å². The average Bonchev–Trinajstić information content (AvgIpc) is 3.64. The number of benzene rings is 2. The molecule has 1 saturated heterocycles. The largest absolute Gasteiger partial charge is 0.478 e. The topological polar surface area (TPSA) is 70.1 Å². The molecule has 1 amide bonds. The SMILES string of the molecule is CC(=Cc1ccccc1)C1C[C@@H]1N(C(=O)OC(C)(C)C)C1CCN(CCc2ccc(C(=O)O)cc2)CC1. The maximum Gasteiger partial charge on any atom is 0.410 e. The van der Waals surface area contributed by atoms with Crippen molar-refractivity contribution in [3.05, 3.63) is 76.9 Å². The fourth-order valence-corrected chi connectivity index (χ4v) is 5.29. The number of ether oxygens (including phenoxy) is 1. The summed E-state index contributed by atoms with van der Waals surface area (Å²) in [6.45, 7) is 10.8. The molecule has 0 spiro atoms. The van der Waals surface area contributed by atoms with Crippen LogP contribution in [0.2, 0.25) is 0 Å². The molecule has 0 bridgehead atoms. The van der Waals surface area contributed by atoms with Gasteiger partial charge in [-0.25, -0.2) is 9.59 Å². The standard InChI is InChI=1S/C31H40N2O4/c1-22(20-24-8-6-5-7-9-24)27-21-28(27)33(30(36)37-31(2,3)4)26-15-18-32(19-16-26)17-14-23-10-12-25(13-11-23)29(34)35/h5-13,20,26-28H,14-19,21H2,1-4H3,(H,34,35)/t27?,28-/m0/s1. The van der Waals surface area contributed by atoms with Gasteiger partial charge in [-0.05, 0) is 76.6 Å². The predicted octanol–water partition coefficient (Wildman–Crippen LogP) is 6.12. The molecule has 1 N–H and O–H groups in total. The van der Waals surface area contributed by atoms with Gasteiger partial charge in [-0.2, -0.15) is 0 Å². The van der Waals surface area contributed by atoms with Crippen LogP contribution < -0.4 is 0 Å². The number of amides is 1. The Morgan fingerprint density at radius 2 is 1.70 bits per heavy atom. The van der Waals surface area contributed by atoms with Gasteiger partial charge in [0.1, 0.15) is 5.60 Å². The summed E-state index contributed by atoms with van der Waals surface area (Å²) in [5.74, 6) is -0.522. The minimum absolute atomic E-state index is 0.181. The number of carbonyl (C=O) groups is 2. The van der Waals surface area contributed by atoms with E-state index in [2.05, 4.69) is 47.1 Å². The molecular weight excluding hydrogens is 464 g/mol. The molecule has 2 aromatic carbocycles. The van der Waals surface area contributed by atoms with Gasteiger partial charge in [-0.3, -0.25) is 0 Å². The molecule has 2 fully saturated rings. The number of likely N-dealkylation sites (tertiary alicyclic amines) is 1. The molecule has 2 aliphatic rings. The molecule has 2 atom stereocenters. The minimum atomic E-state index is -0.896. The van der Waals surface area contributed by atoms with E-state index in [-0.39, 0.29) is 18.2 Å². The number of piperidine rings is 1. The van der Waals surface area contributed by atoms with Crippen molar-refractivity contribution in [1.82, 2.24) is 9.80 Å². The third kappa shape index (κ3) is 7.45. The molecule has 0 aromatic heterocycles. The van der Waals surface area contributed by atoms with E-state index in [1.807, 2.05) is 39.0 Å². The summed E-state index contributed by atoms with van der Waals surface area (Å²) in [5, 5.41) is 9.09. The van der Waals surface area contributed by atoms with Crippen molar-refractivity contribution in [2.24, 2.45) is 5.92 Å². The molecule has 1 aliphatic carbocycles. The summed E-state index contributed by atoms with van der Waals surface area (Å²) >= 11 is 0. The molecule has 1 heterocycles. The van der Waals surface area contributed by atoms with E-state index in [0.717, 1.165) is 50.9 Å². The summed E-state index contributed by atoms with van der Waals surface area (Å²) in [5.41, 5.74) is 3.45. The monoisotopic (exact) mass is 504 g/mol. The maximum atomic E-state index is 13.4. The molecular formula is C31H40N2O4. The summed E-state index contributed by atoms with van der Waals surface area (Å²) in [6.07, 6.45) is 5.78. The maximum absolute atomic E-state index is 13.4. The van der Waals surface area contributed by atoms with E-state index >= 15 is 0 Å². The molecule has 1 saturated carbocycles. The third-order valence-corrected chi connectivity index (χ3v) is 7.37. The second kappa shape index (κ2) is 11.5. The normalized spacial score (nSPS) is 20.9. The Morgan fingerprint density at radius 3 is 2.30 bits per heavy atom. The quantitative estimate of drug-likeness (QED) is 0.469. The first-order valence-corrected chi connectivity index (χ1v) is 13.4. The summed E-state index contributed by atoms with van der Waals surface area (Å²) in [6, 6.07) is 17.9. The molecule has 0 radical (unpaired) electrons. The Bertz CT molecular complexity index is 1100. The number of hydrogen-bond donors (Lipinski definition) is 1. The van der Waals surface area contributed by atoms with E-state index < -0.39 is 11.6 Å². The molecule has 1 unspecified atom stereocenters. The third-order valence-electron chi connectivity index (χ3n) is 7.37. The van der Waals surface area contributed by atoms with Crippen molar-refractivity contribution in [1.29, 1.82) is 0 Å². The van der Waals surface area contributed by atoms with Crippen LogP contribution in [0.3, 0.4) is 0 Å². The Hall–Kier alpha value is -3.12. The van der Waals surface area contributed by atoms with Crippen LogP contribution in [-0.4, -0.2) is 64.3 Å². The van der Waals surface area contributed by atoms with Crippen LogP contribution in [0.4, 0.5) is 4.79 Å². The summed E-state index contributed by atoms with van der Waals surface area (Å²) in [4.78, 5) is 28.9. The van der Waals surface area contributed by atoms with Gasteiger partial charge >= 0.3 is 12.1 Å². The zero-order valence-corrected chi connectivity index (χ0v) is 22.5. The Balaban J connectivity index is 1.36. The highest BCUT2D eigenvalue weighted by Gasteiger charge is 2.48. The van der Waals surface area contributed by atoms with E-state index in [1.54, 1.807) is 12.1 Å². The first-order chi connectivity index (χ1) is 17.6. The van der Waals surface area contributed by atoms with Crippen molar-refractivity contribution in [3.63, 3.8) is 0 Å². The number of rotatable bonds is 8. The second-order valence-electron chi connectivity index (χ2n) is 11.4. The van der Waals surface area contributed by atoms with Gasteiger partial charge in [0.05, 0.1) is 5.56 Å². The van der Waals surface area contributed by atoms with Crippen LogP contribution >= 0.6 is 0 Å². The lowest BCUT2D eigenvalue weighted by Gasteiger charge is -2.39. The summed E-state index contributed by atoms with van der Waals surface area (Å²) in [7, 11) is 0. The smallest absolute Gasteiger partial charge is 0.410 e. The van der Waals surface area contributed by atoms with Gasteiger partial charge in [0.25, 0.3) is 0 Å². The Kier molecular flexibility index (Phi) is 8.38. The van der Waals surface area contributed by atoms with Crippen molar-refractivity contribution in [2.75, 3.05) is 19.6 Å². The number of carboxylic acids is 1. The zero-order chi connectivity index (χ0) is 26.6. The van der Waals surface area contributed by atoms with Crippen LogP contribution in [0.1, 0.15) is 68.4 Å². The van der Waals surface area contributed by atoms with Gasteiger partial charge in [0, 0.05) is 37.6 Å². The van der Waals surface area contributed by atoms with Crippen LogP contribution in [-0.2, 0) is 11.2 Å². The van der Waals surface area contributed by atoms with Crippen molar-refractivity contribution in [2.45, 2.75) is 71.1 Å². The van der Waals surface area contributed by atoms with Gasteiger partial charge in [0.15, 0.2) is 0 Å². The number of carbonyl (C=O) groups excluding carboxylic acids is 1. The lowest BCUT2D eigenvalue weighted by Crippen LogP contribution is -2.50.